The molecule has 2 atom stereocenters. The van der Waals surface area contributed by atoms with E-state index in [9.17, 15) is 5.11 Å². The molecule has 0 aliphatic carbocycles. The van der Waals surface area contributed by atoms with Crippen molar-refractivity contribution in [3.63, 3.8) is 0 Å². The minimum atomic E-state index is -0.731. The van der Waals surface area contributed by atoms with Gasteiger partial charge in [-0.05, 0) is 70.8 Å². The maximum Gasteiger partial charge on any atom is 0.0894 e. The number of nitrogens with two attached hydrogens (primary N) is 1. The smallest absolute Gasteiger partial charge is 0.0894 e. The lowest BCUT2D eigenvalue weighted by molar-refractivity contribution is 0.0945. The number of nitrogens with zero attached hydrogens (tertiary/aromatic N) is 1. The molecule has 320 valence electrons. The number of unbranched alkanes of at least 4 members (excludes halogenated alkanes) is 24. The highest BCUT2D eigenvalue weighted by molar-refractivity contribution is 9.09. The van der Waals surface area contributed by atoms with Crippen molar-refractivity contribution in [1.29, 1.82) is 5.26 Å². The fraction of sp³-hybridized carbons (Fsp3) is 0.886. The van der Waals surface area contributed by atoms with Gasteiger partial charge in [0.15, 0.2) is 0 Å². The first kappa shape index (κ1) is 61.9. The third-order valence-electron chi connectivity index (χ3n) is 8.58. The van der Waals surface area contributed by atoms with Crippen molar-refractivity contribution in [2.45, 2.75) is 213 Å². The first-order chi connectivity index (χ1) is 25.4. The second-order valence-electron chi connectivity index (χ2n) is 13.9. The number of alkyl halides is 1. The molecule has 0 bridgehead atoms. The van der Waals surface area contributed by atoms with Gasteiger partial charge < -0.3 is 31.5 Å². The first-order valence-corrected chi connectivity index (χ1v) is 22.7. The SMILES string of the molecule is Br.CC#N.CCCCCCCC/C=C\CCCCCCCCBr.CCCCCCCC/C=C\CCCCCCCCNCC(O)CO.NCC(O)CO. The van der Waals surface area contributed by atoms with E-state index in [2.05, 4.69) is 59.4 Å². The van der Waals surface area contributed by atoms with Crippen LogP contribution in [0.3, 0.4) is 0 Å². The van der Waals surface area contributed by atoms with E-state index in [1.165, 1.54) is 186 Å². The second-order valence-corrected chi connectivity index (χ2v) is 14.7. The van der Waals surface area contributed by atoms with E-state index in [1.807, 2.05) is 0 Å². The van der Waals surface area contributed by atoms with Crippen LogP contribution in [0.4, 0.5) is 0 Å². The number of hydrogen-bond donors (Lipinski definition) is 6. The number of aliphatic hydroxyl groups excluding tert-OH is 4. The molecule has 0 heterocycles. The van der Waals surface area contributed by atoms with Gasteiger partial charge in [-0.2, -0.15) is 5.26 Å². The number of aliphatic hydroxyl groups is 4. The Balaban J connectivity index is -0.000000235. The molecule has 0 amide bonds. The summed E-state index contributed by atoms with van der Waals surface area (Å²) in [6.07, 6.45) is 46.3. The Labute approximate surface area is 349 Å². The predicted molar refractivity (Wildman–Crippen MR) is 242 cm³/mol. The predicted octanol–water partition coefficient (Wildman–Crippen LogP) is 11.8. The van der Waals surface area contributed by atoms with E-state index in [0.29, 0.717) is 6.54 Å². The van der Waals surface area contributed by atoms with Crippen molar-refractivity contribution in [3.05, 3.63) is 24.3 Å². The fourth-order valence-electron chi connectivity index (χ4n) is 5.25. The average Bonchev–Trinajstić information content (AvgIpc) is 3.16. The number of halogens is 2. The molecular formula is C44H91Br2N3O4. The zero-order chi connectivity index (χ0) is 39.4. The number of nitrogens with one attached hydrogen (secondary N) is 1. The molecule has 0 rings (SSSR count). The molecule has 0 aromatic carbocycles. The van der Waals surface area contributed by atoms with E-state index in [1.54, 1.807) is 6.07 Å². The Bertz CT molecular complexity index is 692. The molecule has 9 heteroatoms. The molecule has 7 N–H and O–H groups in total. The lowest BCUT2D eigenvalue weighted by Crippen LogP contribution is -2.29. The van der Waals surface area contributed by atoms with Crippen molar-refractivity contribution in [2.24, 2.45) is 5.73 Å². The van der Waals surface area contributed by atoms with Crippen molar-refractivity contribution in [1.82, 2.24) is 5.32 Å². The van der Waals surface area contributed by atoms with Crippen LogP contribution in [0.5, 0.6) is 0 Å². The molecule has 7 nitrogen and oxygen atoms in total. The zero-order valence-electron chi connectivity index (χ0n) is 35.1. The molecule has 0 aromatic heterocycles. The van der Waals surface area contributed by atoms with Gasteiger partial charge in [0, 0.05) is 25.3 Å². The molecule has 0 fully saturated rings. The van der Waals surface area contributed by atoms with Gasteiger partial charge in [0.2, 0.25) is 0 Å². The number of hydrogen-bond acceptors (Lipinski definition) is 7. The summed E-state index contributed by atoms with van der Waals surface area (Å²) in [6, 6.07) is 1.75. The minimum Gasteiger partial charge on any atom is -0.394 e. The molecule has 53 heavy (non-hydrogen) atoms. The highest BCUT2D eigenvalue weighted by atomic mass is 79.9. The number of allylic oxidation sites excluding steroid dienone is 4. The minimum absolute atomic E-state index is 0. The van der Waals surface area contributed by atoms with Crippen LogP contribution in [-0.2, 0) is 0 Å². The normalized spacial score (nSPS) is 11.8. The molecule has 0 radical (unpaired) electrons. The van der Waals surface area contributed by atoms with Gasteiger partial charge >= 0.3 is 0 Å². The van der Waals surface area contributed by atoms with Crippen molar-refractivity contribution < 1.29 is 20.4 Å². The maximum absolute atomic E-state index is 9.17. The van der Waals surface area contributed by atoms with E-state index in [-0.39, 0.29) is 36.7 Å². The standard InChI is InChI=1S/C21H43NO2.C18H35Br.C3H9NO2.C2H3N.BrH/c1-2-3-4-5-6-7-8-9-10-11-12-13-14-15-16-17-18-22-19-21(24)20-23;1-2-3-4-5-6-7-8-9-10-11-12-13-14-15-16-17-18-19;4-1-3(6)2-5;1-2-3;/h9-10,21-24H,2-8,11-20H2,1H3;9-10H,2-8,11-18H2,1H3;3,5-6H,1-2,4H2;1H3;1H/b2*10-9-;;;. The molecule has 0 aromatic rings. The van der Waals surface area contributed by atoms with Crippen LogP contribution < -0.4 is 11.1 Å². The summed E-state index contributed by atoms with van der Waals surface area (Å²) in [5.41, 5.74) is 4.87. The van der Waals surface area contributed by atoms with Crippen LogP contribution in [-0.4, -0.2) is 70.8 Å². The van der Waals surface area contributed by atoms with E-state index < -0.39 is 12.2 Å². The molecular weight excluding hydrogens is 794 g/mol. The van der Waals surface area contributed by atoms with Crippen molar-refractivity contribution in [2.75, 3.05) is 38.2 Å². The van der Waals surface area contributed by atoms with Crippen LogP contribution in [0.15, 0.2) is 24.3 Å². The lowest BCUT2D eigenvalue weighted by atomic mass is 10.1. The Morgan fingerprint density at radius 3 is 1.15 bits per heavy atom. The van der Waals surface area contributed by atoms with E-state index in [4.69, 9.17) is 26.3 Å². The third-order valence-corrected chi connectivity index (χ3v) is 9.15. The summed E-state index contributed by atoms with van der Waals surface area (Å²) < 4.78 is 0. The lowest BCUT2D eigenvalue weighted by Gasteiger charge is -2.08. The number of rotatable bonds is 36. The molecule has 0 saturated heterocycles. The van der Waals surface area contributed by atoms with Crippen LogP contribution >= 0.6 is 32.9 Å². The first-order valence-electron chi connectivity index (χ1n) is 21.6. The molecule has 0 aliphatic rings. The molecule has 2 unspecified atom stereocenters. The van der Waals surface area contributed by atoms with Crippen LogP contribution in [0.25, 0.3) is 0 Å². The van der Waals surface area contributed by atoms with Gasteiger partial charge in [0.1, 0.15) is 0 Å². The van der Waals surface area contributed by atoms with Crippen molar-refractivity contribution >= 4 is 32.9 Å². The summed E-state index contributed by atoms with van der Waals surface area (Å²) in [4.78, 5) is 0. The van der Waals surface area contributed by atoms with Crippen molar-refractivity contribution in [3.8, 4) is 6.07 Å². The Morgan fingerprint density at radius 1 is 0.566 bits per heavy atom. The van der Waals surface area contributed by atoms with Gasteiger partial charge in [0.05, 0.1) is 31.5 Å². The summed E-state index contributed by atoms with van der Waals surface area (Å²) in [7, 11) is 0. The van der Waals surface area contributed by atoms with Gasteiger partial charge in [-0.1, -0.05) is 170 Å². The number of nitriles is 1. The van der Waals surface area contributed by atoms with Crippen LogP contribution in [0.2, 0.25) is 0 Å². The highest BCUT2D eigenvalue weighted by Gasteiger charge is 1.99. The molecule has 0 spiro atoms. The average molecular weight is 886 g/mol. The zero-order valence-corrected chi connectivity index (χ0v) is 38.4. The Hall–Kier alpha value is -0.310. The summed E-state index contributed by atoms with van der Waals surface area (Å²) in [6.45, 7) is 7.17. The second kappa shape index (κ2) is 63.6. The highest BCUT2D eigenvalue weighted by Crippen LogP contribution is 2.11. The largest absolute Gasteiger partial charge is 0.394 e. The Kier molecular flexibility index (Phi) is 74.3. The monoisotopic (exact) mass is 884 g/mol. The van der Waals surface area contributed by atoms with Gasteiger partial charge in [-0.25, -0.2) is 0 Å². The fourth-order valence-corrected chi connectivity index (χ4v) is 5.64. The summed E-state index contributed by atoms with van der Waals surface area (Å²) in [5, 5.41) is 45.8. The van der Waals surface area contributed by atoms with Gasteiger partial charge in [-0.3, -0.25) is 0 Å². The summed E-state index contributed by atoms with van der Waals surface area (Å²) >= 11 is 3.48. The summed E-state index contributed by atoms with van der Waals surface area (Å²) in [5.74, 6) is 0. The van der Waals surface area contributed by atoms with Crippen LogP contribution in [0.1, 0.15) is 201 Å². The topological polar surface area (TPSA) is 143 Å². The quantitative estimate of drug-likeness (QED) is 0.0209. The third kappa shape index (κ3) is 73.4. The van der Waals surface area contributed by atoms with Crippen LogP contribution in [0, 0.1) is 11.3 Å². The maximum atomic E-state index is 9.17. The van der Waals surface area contributed by atoms with E-state index in [0.717, 1.165) is 13.0 Å². The molecule has 0 aliphatic heterocycles. The van der Waals surface area contributed by atoms with Gasteiger partial charge in [-0.15, -0.1) is 17.0 Å². The van der Waals surface area contributed by atoms with Gasteiger partial charge in [0.25, 0.3) is 0 Å². The Morgan fingerprint density at radius 2 is 0.868 bits per heavy atom. The van der Waals surface area contributed by atoms with E-state index >= 15 is 0 Å². The molecule has 0 saturated carbocycles.